The van der Waals surface area contributed by atoms with Crippen molar-refractivity contribution in [1.82, 2.24) is 5.32 Å². The Morgan fingerprint density at radius 3 is 2.58 bits per heavy atom. The first-order valence-electron chi connectivity index (χ1n) is 6.31. The molecule has 100 valence electrons. The zero-order valence-corrected chi connectivity index (χ0v) is 11.1. The zero-order valence-electron chi connectivity index (χ0n) is 11.1. The van der Waals surface area contributed by atoms with Crippen LogP contribution in [0.25, 0.3) is 0 Å². The number of benzene rings is 2. The highest BCUT2D eigenvalue weighted by Crippen LogP contribution is 2.18. The van der Waals surface area contributed by atoms with Gasteiger partial charge in [-0.25, -0.2) is 8.78 Å². The Balaban J connectivity index is 2.06. The Morgan fingerprint density at radius 2 is 1.84 bits per heavy atom. The quantitative estimate of drug-likeness (QED) is 0.872. The van der Waals surface area contributed by atoms with E-state index in [1.165, 1.54) is 17.2 Å². The molecule has 0 unspecified atom stereocenters. The Kier molecular flexibility index (Phi) is 4.27. The molecule has 0 fully saturated rings. The average Bonchev–Trinajstić information content (AvgIpc) is 2.40. The minimum absolute atomic E-state index is 0.0869. The number of halogens is 2. The molecule has 3 heteroatoms. The first-order chi connectivity index (χ1) is 9.08. The van der Waals surface area contributed by atoms with Crippen molar-refractivity contribution in [3.63, 3.8) is 0 Å². The number of hydrogen-bond donors (Lipinski definition) is 1. The van der Waals surface area contributed by atoms with Gasteiger partial charge < -0.3 is 5.32 Å². The molecule has 2 aromatic rings. The van der Waals surface area contributed by atoms with Crippen molar-refractivity contribution in [2.24, 2.45) is 0 Å². The number of aryl methyl sites for hydroxylation is 1. The highest BCUT2D eigenvalue weighted by molar-refractivity contribution is 5.28. The molecule has 0 aliphatic heterocycles. The molecule has 0 spiro atoms. The minimum atomic E-state index is -0.415. The predicted molar refractivity (Wildman–Crippen MR) is 72.8 cm³/mol. The topological polar surface area (TPSA) is 12.0 Å². The second-order valence-electron chi connectivity index (χ2n) is 4.69. The van der Waals surface area contributed by atoms with Crippen molar-refractivity contribution in [3.8, 4) is 0 Å². The van der Waals surface area contributed by atoms with Crippen LogP contribution in [-0.4, -0.2) is 0 Å². The Hall–Kier alpha value is -1.74. The summed E-state index contributed by atoms with van der Waals surface area (Å²) < 4.78 is 26.6. The standard InChI is InChI=1S/C16H17F2N/c1-11-5-3-4-6-15(11)12(2)19-10-13-9-14(17)7-8-16(13)18/h3-9,12,19H,10H2,1-2H3/t12-/m0/s1. The fourth-order valence-corrected chi connectivity index (χ4v) is 2.12. The third-order valence-electron chi connectivity index (χ3n) is 3.26. The molecule has 2 aromatic carbocycles. The van der Waals surface area contributed by atoms with Gasteiger partial charge in [0.05, 0.1) is 0 Å². The van der Waals surface area contributed by atoms with Crippen LogP contribution in [0.1, 0.15) is 29.7 Å². The third kappa shape index (κ3) is 3.38. The lowest BCUT2D eigenvalue weighted by atomic mass is 10.0. The number of rotatable bonds is 4. The van der Waals surface area contributed by atoms with E-state index in [0.29, 0.717) is 12.1 Å². The van der Waals surface area contributed by atoms with Crippen molar-refractivity contribution >= 4 is 0 Å². The van der Waals surface area contributed by atoms with E-state index in [-0.39, 0.29) is 11.9 Å². The second-order valence-corrected chi connectivity index (χ2v) is 4.69. The van der Waals surface area contributed by atoms with Gasteiger partial charge in [-0.1, -0.05) is 24.3 Å². The molecule has 19 heavy (non-hydrogen) atoms. The first kappa shape index (κ1) is 13.7. The molecule has 0 saturated heterocycles. The van der Waals surface area contributed by atoms with Crippen LogP contribution >= 0.6 is 0 Å². The summed E-state index contributed by atoms with van der Waals surface area (Å²) >= 11 is 0. The van der Waals surface area contributed by atoms with E-state index in [9.17, 15) is 8.78 Å². The van der Waals surface area contributed by atoms with E-state index in [2.05, 4.69) is 5.32 Å². The monoisotopic (exact) mass is 261 g/mol. The molecule has 2 rings (SSSR count). The van der Waals surface area contributed by atoms with Gasteiger partial charge in [-0.2, -0.15) is 0 Å². The van der Waals surface area contributed by atoms with Crippen molar-refractivity contribution in [2.75, 3.05) is 0 Å². The first-order valence-corrected chi connectivity index (χ1v) is 6.31. The van der Waals surface area contributed by atoms with Gasteiger partial charge in [0.1, 0.15) is 11.6 Å². The lowest BCUT2D eigenvalue weighted by molar-refractivity contribution is 0.534. The van der Waals surface area contributed by atoms with Gasteiger partial charge in [0, 0.05) is 18.2 Å². The van der Waals surface area contributed by atoms with Gasteiger partial charge in [0.2, 0.25) is 0 Å². The van der Waals surface area contributed by atoms with Crippen LogP contribution in [-0.2, 0) is 6.54 Å². The van der Waals surface area contributed by atoms with Crippen LogP contribution in [0, 0.1) is 18.6 Å². The summed E-state index contributed by atoms with van der Waals surface area (Å²) in [6.07, 6.45) is 0. The molecule has 0 heterocycles. The Morgan fingerprint density at radius 1 is 1.11 bits per heavy atom. The molecule has 1 N–H and O–H groups in total. The van der Waals surface area contributed by atoms with Gasteiger partial charge >= 0.3 is 0 Å². The SMILES string of the molecule is Cc1ccccc1[C@H](C)NCc1cc(F)ccc1F. The Bertz CT molecular complexity index is 566. The fourth-order valence-electron chi connectivity index (χ4n) is 2.12. The molecule has 0 bridgehead atoms. The summed E-state index contributed by atoms with van der Waals surface area (Å²) in [5.74, 6) is -0.798. The average molecular weight is 261 g/mol. The predicted octanol–water partition coefficient (Wildman–Crippen LogP) is 4.12. The van der Waals surface area contributed by atoms with E-state index < -0.39 is 5.82 Å². The summed E-state index contributed by atoms with van der Waals surface area (Å²) in [6.45, 7) is 4.36. The van der Waals surface area contributed by atoms with Crippen molar-refractivity contribution in [3.05, 3.63) is 70.8 Å². The van der Waals surface area contributed by atoms with E-state index in [1.807, 2.05) is 38.1 Å². The lowest BCUT2D eigenvalue weighted by Crippen LogP contribution is -2.19. The lowest BCUT2D eigenvalue weighted by Gasteiger charge is -2.16. The summed E-state index contributed by atoms with van der Waals surface area (Å²) in [5, 5.41) is 3.22. The maximum Gasteiger partial charge on any atom is 0.127 e. The van der Waals surface area contributed by atoms with Crippen LogP contribution in [0.2, 0.25) is 0 Å². The molecule has 0 aromatic heterocycles. The molecule has 0 radical (unpaired) electrons. The van der Waals surface area contributed by atoms with E-state index in [0.717, 1.165) is 12.1 Å². The molecule has 0 saturated carbocycles. The van der Waals surface area contributed by atoms with Crippen molar-refractivity contribution in [2.45, 2.75) is 26.4 Å². The summed E-state index contributed by atoms with van der Waals surface area (Å²) in [5.41, 5.74) is 2.70. The van der Waals surface area contributed by atoms with Crippen LogP contribution in [0.15, 0.2) is 42.5 Å². The zero-order chi connectivity index (χ0) is 13.8. The molecule has 0 amide bonds. The van der Waals surface area contributed by atoms with Crippen LogP contribution < -0.4 is 5.32 Å². The largest absolute Gasteiger partial charge is 0.306 e. The molecule has 0 aliphatic carbocycles. The minimum Gasteiger partial charge on any atom is -0.306 e. The number of hydrogen-bond acceptors (Lipinski definition) is 1. The van der Waals surface area contributed by atoms with Gasteiger partial charge in [-0.3, -0.25) is 0 Å². The van der Waals surface area contributed by atoms with E-state index in [1.54, 1.807) is 0 Å². The number of nitrogens with one attached hydrogen (secondary N) is 1. The highest BCUT2D eigenvalue weighted by Gasteiger charge is 2.09. The van der Waals surface area contributed by atoms with Crippen molar-refractivity contribution in [1.29, 1.82) is 0 Å². The van der Waals surface area contributed by atoms with Crippen molar-refractivity contribution < 1.29 is 8.78 Å². The van der Waals surface area contributed by atoms with Gasteiger partial charge in [0.15, 0.2) is 0 Å². The van der Waals surface area contributed by atoms with Crippen LogP contribution in [0.3, 0.4) is 0 Å². The molecule has 0 aliphatic rings. The fraction of sp³-hybridized carbons (Fsp3) is 0.250. The Labute approximate surface area is 112 Å². The maximum absolute atomic E-state index is 13.5. The normalized spacial score (nSPS) is 12.4. The smallest absolute Gasteiger partial charge is 0.127 e. The van der Waals surface area contributed by atoms with Gasteiger partial charge in [0.25, 0.3) is 0 Å². The molecule has 1 nitrogen and oxygen atoms in total. The molecular weight excluding hydrogens is 244 g/mol. The summed E-state index contributed by atoms with van der Waals surface area (Å²) in [4.78, 5) is 0. The molecule has 1 atom stereocenters. The van der Waals surface area contributed by atoms with E-state index >= 15 is 0 Å². The highest BCUT2D eigenvalue weighted by atomic mass is 19.1. The summed E-state index contributed by atoms with van der Waals surface area (Å²) in [6, 6.07) is 11.6. The van der Waals surface area contributed by atoms with Crippen LogP contribution in [0.4, 0.5) is 8.78 Å². The third-order valence-corrected chi connectivity index (χ3v) is 3.26. The molecular formula is C16H17F2N. The summed E-state index contributed by atoms with van der Waals surface area (Å²) in [7, 11) is 0. The maximum atomic E-state index is 13.5. The van der Waals surface area contributed by atoms with Crippen LogP contribution in [0.5, 0.6) is 0 Å². The van der Waals surface area contributed by atoms with Gasteiger partial charge in [-0.05, 0) is 43.2 Å². The van der Waals surface area contributed by atoms with E-state index in [4.69, 9.17) is 0 Å². The second kappa shape index (κ2) is 5.93. The van der Waals surface area contributed by atoms with Gasteiger partial charge in [-0.15, -0.1) is 0 Å².